The lowest BCUT2D eigenvalue weighted by Crippen LogP contribution is -2.34. The van der Waals surface area contributed by atoms with Gasteiger partial charge in [0.15, 0.2) is 5.11 Å². The number of carbonyl (C=O) groups excluding carboxylic acids is 1. The zero-order chi connectivity index (χ0) is 15.8. The Morgan fingerprint density at radius 3 is 2.76 bits per heavy atom. The van der Waals surface area contributed by atoms with Crippen LogP contribution >= 0.6 is 23.8 Å². The van der Waals surface area contributed by atoms with E-state index >= 15 is 0 Å². The molecule has 0 saturated heterocycles. The second-order valence-corrected chi connectivity index (χ2v) is 5.41. The van der Waals surface area contributed by atoms with E-state index in [-0.39, 0.29) is 0 Å². The number of rotatable bonds is 6. The van der Waals surface area contributed by atoms with Crippen LogP contribution in [0.15, 0.2) is 18.2 Å². The molecule has 0 aromatic heterocycles. The van der Waals surface area contributed by atoms with Gasteiger partial charge in [-0.25, -0.2) is 4.79 Å². The molecule has 1 aromatic carbocycles. The Morgan fingerprint density at radius 1 is 1.43 bits per heavy atom. The highest BCUT2D eigenvalue weighted by Gasteiger charge is 2.12. The first-order valence-corrected chi connectivity index (χ1v) is 7.39. The molecule has 0 bridgehead atoms. The summed E-state index contributed by atoms with van der Waals surface area (Å²) in [6, 6.07) is 5.02. The maximum Gasteiger partial charge on any atom is 0.339 e. The standard InChI is InChI=1S/C14H20ClN3O2S/c1-4-20-13(19)11-9-10(5-6-12(11)15)17-14(21)16-7-8-18(2)3/h5-6,9H,4,7-8H2,1-3H3,(H2,16,17,21). The first-order chi connectivity index (χ1) is 9.93. The van der Waals surface area contributed by atoms with Gasteiger partial charge in [-0.1, -0.05) is 11.6 Å². The topological polar surface area (TPSA) is 53.6 Å². The Balaban J connectivity index is 2.65. The largest absolute Gasteiger partial charge is 0.462 e. The van der Waals surface area contributed by atoms with Crippen LogP contribution in [0.25, 0.3) is 0 Å². The SMILES string of the molecule is CCOC(=O)c1cc(NC(=S)NCCN(C)C)ccc1Cl. The van der Waals surface area contributed by atoms with Crippen molar-refractivity contribution >= 4 is 40.6 Å². The van der Waals surface area contributed by atoms with E-state index in [0.717, 1.165) is 13.1 Å². The van der Waals surface area contributed by atoms with Crippen LogP contribution in [-0.2, 0) is 4.74 Å². The Bertz CT molecular complexity index is 509. The van der Waals surface area contributed by atoms with Gasteiger partial charge in [-0.3, -0.25) is 0 Å². The predicted octanol–water partition coefficient (Wildman–Crippen LogP) is 2.36. The highest BCUT2D eigenvalue weighted by molar-refractivity contribution is 7.80. The summed E-state index contributed by atoms with van der Waals surface area (Å²) in [7, 11) is 3.98. The smallest absolute Gasteiger partial charge is 0.339 e. The van der Waals surface area contributed by atoms with Crippen molar-refractivity contribution in [1.82, 2.24) is 10.2 Å². The maximum atomic E-state index is 11.8. The van der Waals surface area contributed by atoms with Gasteiger partial charge in [-0.05, 0) is 51.4 Å². The molecule has 0 aliphatic heterocycles. The lowest BCUT2D eigenvalue weighted by atomic mass is 10.2. The van der Waals surface area contributed by atoms with Gasteiger partial charge in [0.05, 0.1) is 17.2 Å². The minimum absolute atomic E-state index is 0.303. The fourth-order valence-corrected chi connectivity index (χ4v) is 1.95. The Morgan fingerprint density at radius 2 is 2.14 bits per heavy atom. The molecular formula is C14H20ClN3O2S. The molecule has 0 spiro atoms. The van der Waals surface area contributed by atoms with E-state index in [1.165, 1.54) is 0 Å². The molecule has 5 nitrogen and oxygen atoms in total. The fourth-order valence-electron chi connectivity index (χ4n) is 1.54. The minimum Gasteiger partial charge on any atom is -0.462 e. The monoisotopic (exact) mass is 329 g/mol. The van der Waals surface area contributed by atoms with E-state index in [9.17, 15) is 4.79 Å². The Labute approximate surface area is 135 Å². The summed E-state index contributed by atoms with van der Waals surface area (Å²) in [5, 5.41) is 6.94. The quantitative estimate of drug-likeness (QED) is 0.617. The van der Waals surface area contributed by atoms with E-state index in [1.54, 1.807) is 25.1 Å². The van der Waals surface area contributed by atoms with Crippen molar-refractivity contribution in [2.45, 2.75) is 6.92 Å². The molecule has 0 radical (unpaired) electrons. The molecule has 0 fully saturated rings. The number of hydrogen-bond acceptors (Lipinski definition) is 4. The van der Waals surface area contributed by atoms with Crippen molar-refractivity contribution in [3.8, 4) is 0 Å². The summed E-state index contributed by atoms with van der Waals surface area (Å²) < 4.78 is 4.95. The molecular weight excluding hydrogens is 310 g/mol. The van der Waals surface area contributed by atoms with Crippen LogP contribution < -0.4 is 10.6 Å². The number of benzene rings is 1. The predicted molar refractivity (Wildman–Crippen MR) is 90.2 cm³/mol. The lowest BCUT2D eigenvalue weighted by molar-refractivity contribution is 0.0526. The summed E-state index contributed by atoms with van der Waals surface area (Å²) in [6.45, 7) is 3.66. The number of anilines is 1. The fraction of sp³-hybridized carbons (Fsp3) is 0.429. The highest BCUT2D eigenvalue weighted by atomic mass is 35.5. The van der Waals surface area contributed by atoms with Gasteiger partial charge in [0, 0.05) is 18.8 Å². The van der Waals surface area contributed by atoms with Gasteiger partial charge in [0.25, 0.3) is 0 Å². The van der Waals surface area contributed by atoms with E-state index in [2.05, 4.69) is 15.5 Å². The molecule has 0 aliphatic rings. The van der Waals surface area contributed by atoms with Crippen LogP contribution in [0.3, 0.4) is 0 Å². The Hall–Kier alpha value is -1.37. The molecule has 0 saturated carbocycles. The number of ether oxygens (including phenoxy) is 1. The first-order valence-electron chi connectivity index (χ1n) is 6.60. The molecule has 0 heterocycles. The van der Waals surface area contributed by atoms with E-state index in [4.69, 9.17) is 28.6 Å². The average molecular weight is 330 g/mol. The van der Waals surface area contributed by atoms with Crippen molar-refractivity contribution < 1.29 is 9.53 Å². The van der Waals surface area contributed by atoms with Crippen LogP contribution in [0.1, 0.15) is 17.3 Å². The number of nitrogens with one attached hydrogen (secondary N) is 2. The molecule has 0 unspecified atom stereocenters. The maximum absolute atomic E-state index is 11.8. The van der Waals surface area contributed by atoms with Gasteiger partial charge < -0.3 is 20.3 Å². The lowest BCUT2D eigenvalue weighted by Gasteiger charge is -2.14. The number of halogens is 1. The second-order valence-electron chi connectivity index (χ2n) is 4.60. The summed E-state index contributed by atoms with van der Waals surface area (Å²) in [5.74, 6) is -0.447. The zero-order valence-corrected chi connectivity index (χ0v) is 14.0. The molecule has 0 aliphatic carbocycles. The number of nitrogens with zero attached hydrogens (tertiary/aromatic N) is 1. The molecule has 1 rings (SSSR count). The molecule has 0 amide bonds. The summed E-state index contributed by atoms with van der Waals surface area (Å²) in [6.07, 6.45) is 0. The molecule has 7 heteroatoms. The third-order valence-corrected chi connectivity index (χ3v) is 3.14. The average Bonchev–Trinajstić information content (AvgIpc) is 2.40. The third kappa shape index (κ3) is 6.29. The van der Waals surface area contributed by atoms with Gasteiger partial charge >= 0.3 is 5.97 Å². The van der Waals surface area contributed by atoms with Crippen LogP contribution in [0, 0.1) is 0 Å². The number of carbonyl (C=O) groups is 1. The van der Waals surface area contributed by atoms with Crippen LogP contribution in [0.5, 0.6) is 0 Å². The number of likely N-dealkylation sites (N-methyl/N-ethyl adjacent to an activating group) is 1. The van der Waals surface area contributed by atoms with Gasteiger partial charge in [-0.2, -0.15) is 0 Å². The molecule has 21 heavy (non-hydrogen) atoms. The highest BCUT2D eigenvalue weighted by Crippen LogP contribution is 2.21. The van der Waals surface area contributed by atoms with Crippen LogP contribution in [-0.4, -0.2) is 49.8 Å². The molecule has 0 atom stereocenters. The van der Waals surface area contributed by atoms with Crippen molar-refractivity contribution in [3.05, 3.63) is 28.8 Å². The molecule has 116 valence electrons. The van der Waals surface area contributed by atoms with Crippen LogP contribution in [0.2, 0.25) is 5.02 Å². The second kappa shape index (κ2) is 8.81. The zero-order valence-electron chi connectivity index (χ0n) is 12.4. The normalized spacial score (nSPS) is 10.3. The summed E-state index contributed by atoms with van der Waals surface area (Å²) in [5.41, 5.74) is 1.00. The van der Waals surface area contributed by atoms with E-state index < -0.39 is 5.97 Å². The van der Waals surface area contributed by atoms with E-state index in [0.29, 0.717) is 28.0 Å². The van der Waals surface area contributed by atoms with Gasteiger partial charge in [0.2, 0.25) is 0 Å². The Kier molecular flexibility index (Phi) is 7.42. The van der Waals surface area contributed by atoms with Crippen LogP contribution in [0.4, 0.5) is 5.69 Å². The van der Waals surface area contributed by atoms with Crippen molar-refractivity contribution in [2.75, 3.05) is 39.1 Å². The summed E-state index contributed by atoms with van der Waals surface area (Å²) in [4.78, 5) is 13.8. The first kappa shape index (κ1) is 17.7. The van der Waals surface area contributed by atoms with Crippen molar-refractivity contribution in [1.29, 1.82) is 0 Å². The van der Waals surface area contributed by atoms with Gasteiger partial charge in [-0.15, -0.1) is 0 Å². The van der Waals surface area contributed by atoms with Crippen molar-refractivity contribution in [2.24, 2.45) is 0 Å². The van der Waals surface area contributed by atoms with E-state index in [1.807, 2.05) is 14.1 Å². The number of hydrogen-bond donors (Lipinski definition) is 2. The molecule has 2 N–H and O–H groups in total. The molecule has 1 aromatic rings. The minimum atomic E-state index is -0.447. The summed E-state index contributed by atoms with van der Waals surface area (Å²) >= 11 is 11.2. The van der Waals surface area contributed by atoms with Crippen molar-refractivity contribution in [3.63, 3.8) is 0 Å². The number of thiocarbonyl (C=S) groups is 1. The third-order valence-electron chi connectivity index (χ3n) is 2.56. The van der Waals surface area contributed by atoms with Gasteiger partial charge in [0.1, 0.15) is 0 Å². The number of esters is 1.